The van der Waals surface area contributed by atoms with Crippen molar-refractivity contribution in [2.24, 2.45) is 5.16 Å². The normalized spacial score (nSPS) is 12.1. The van der Waals surface area contributed by atoms with Crippen LogP contribution >= 0.6 is 35.0 Å². The summed E-state index contributed by atoms with van der Waals surface area (Å²) in [4.78, 5) is 27.5. The molecule has 0 saturated carbocycles. The second-order valence-corrected chi connectivity index (χ2v) is 6.18. The van der Waals surface area contributed by atoms with Gasteiger partial charge in [0.1, 0.15) is 6.04 Å². The first-order chi connectivity index (χ1) is 11.0. The third-order valence-corrected chi connectivity index (χ3v) is 4.00. The molecule has 0 aromatic heterocycles. The summed E-state index contributed by atoms with van der Waals surface area (Å²) in [6.07, 6.45) is 3.49. The maximum Gasteiger partial charge on any atom is 0.326 e. The number of nitrogens with zero attached hydrogens (tertiary/aromatic N) is 1. The van der Waals surface area contributed by atoms with Crippen molar-refractivity contribution in [2.45, 2.75) is 12.5 Å². The summed E-state index contributed by atoms with van der Waals surface area (Å²) in [6, 6.07) is 4.03. The number of aliphatic carboxylic acids is 1. The van der Waals surface area contributed by atoms with Crippen LogP contribution in [0, 0.1) is 0 Å². The number of hydrogen-bond acceptors (Lipinski definition) is 5. The van der Waals surface area contributed by atoms with Gasteiger partial charge in [0.2, 0.25) is 0 Å². The molecule has 1 amide bonds. The number of oxime groups is 1. The van der Waals surface area contributed by atoms with E-state index in [4.69, 9.17) is 33.1 Å². The number of carbonyl (C=O) groups excluding carboxylic acids is 1. The van der Waals surface area contributed by atoms with Gasteiger partial charge in [-0.1, -0.05) is 34.4 Å². The molecule has 0 heterocycles. The van der Waals surface area contributed by atoms with Crippen LogP contribution in [0.2, 0.25) is 10.0 Å². The molecule has 0 radical (unpaired) electrons. The smallest absolute Gasteiger partial charge is 0.326 e. The van der Waals surface area contributed by atoms with E-state index in [1.807, 2.05) is 6.26 Å². The topological polar surface area (TPSA) is 88.0 Å². The molecule has 1 atom stereocenters. The van der Waals surface area contributed by atoms with Crippen LogP contribution in [0.4, 0.5) is 0 Å². The highest BCUT2D eigenvalue weighted by Crippen LogP contribution is 2.22. The lowest BCUT2D eigenvalue weighted by Gasteiger charge is -2.13. The Hall–Kier alpha value is -1.44. The predicted octanol–water partition coefficient (Wildman–Crippen LogP) is 2.67. The molecular weight excluding hydrogens is 363 g/mol. The van der Waals surface area contributed by atoms with E-state index in [-0.39, 0.29) is 0 Å². The number of halogens is 2. The molecule has 9 heteroatoms. The molecule has 23 heavy (non-hydrogen) atoms. The Morgan fingerprint density at radius 3 is 2.65 bits per heavy atom. The summed E-state index contributed by atoms with van der Waals surface area (Å²) in [5.41, 5.74) is 0.472. The van der Waals surface area contributed by atoms with Gasteiger partial charge in [0.15, 0.2) is 6.61 Å². The molecule has 126 valence electrons. The van der Waals surface area contributed by atoms with E-state index in [0.29, 0.717) is 27.8 Å². The van der Waals surface area contributed by atoms with E-state index in [9.17, 15) is 9.59 Å². The molecule has 1 rings (SSSR count). The van der Waals surface area contributed by atoms with E-state index < -0.39 is 24.5 Å². The fourth-order valence-electron chi connectivity index (χ4n) is 1.55. The minimum Gasteiger partial charge on any atom is -0.480 e. The van der Waals surface area contributed by atoms with E-state index >= 15 is 0 Å². The van der Waals surface area contributed by atoms with Crippen molar-refractivity contribution in [3.05, 3.63) is 33.8 Å². The fraction of sp³-hybridized carbons (Fsp3) is 0.357. The van der Waals surface area contributed by atoms with Gasteiger partial charge < -0.3 is 15.3 Å². The zero-order chi connectivity index (χ0) is 17.2. The standard InChI is InChI=1S/C14H16Cl2N2O4S/c1-23-6-5-12(14(20)21)18-13(19)8-22-17-7-9-10(15)3-2-4-11(9)16/h2-4,7,12H,5-6,8H2,1H3,(H,18,19)(H,20,21)/b17-7+. The maximum atomic E-state index is 11.6. The minimum atomic E-state index is -1.08. The minimum absolute atomic E-state index is 0.334. The van der Waals surface area contributed by atoms with Crippen molar-refractivity contribution in [3.63, 3.8) is 0 Å². The first-order valence-corrected chi connectivity index (χ1v) is 8.71. The molecule has 0 spiro atoms. The average Bonchev–Trinajstić information content (AvgIpc) is 2.50. The van der Waals surface area contributed by atoms with Crippen molar-refractivity contribution in [2.75, 3.05) is 18.6 Å². The molecule has 1 aromatic rings. The lowest BCUT2D eigenvalue weighted by Crippen LogP contribution is -2.42. The van der Waals surface area contributed by atoms with Gasteiger partial charge >= 0.3 is 5.97 Å². The van der Waals surface area contributed by atoms with Crippen molar-refractivity contribution >= 4 is 53.1 Å². The van der Waals surface area contributed by atoms with Gasteiger partial charge in [0.05, 0.1) is 16.3 Å². The van der Waals surface area contributed by atoms with Gasteiger partial charge in [0, 0.05) is 5.56 Å². The van der Waals surface area contributed by atoms with E-state index in [2.05, 4.69) is 10.5 Å². The number of carboxylic acids is 1. The Morgan fingerprint density at radius 2 is 2.09 bits per heavy atom. The van der Waals surface area contributed by atoms with Gasteiger partial charge in [-0.3, -0.25) is 4.79 Å². The van der Waals surface area contributed by atoms with Gasteiger partial charge in [-0.2, -0.15) is 11.8 Å². The molecule has 1 aromatic carbocycles. The van der Waals surface area contributed by atoms with Crippen LogP contribution in [-0.2, 0) is 14.4 Å². The number of carboxylic acid groups (broad SMARTS) is 1. The summed E-state index contributed by atoms with van der Waals surface area (Å²) in [5, 5.41) is 15.8. The number of amides is 1. The highest BCUT2D eigenvalue weighted by atomic mass is 35.5. The Labute approximate surface area is 148 Å². The monoisotopic (exact) mass is 378 g/mol. The second kappa shape index (κ2) is 10.4. The van der Waals surface area contributed by atoms with Crippen LogP contribution in [0.15, 0.2) is 23.4 Å². The van der Waals surface area contributed by atoms with Crippen molar-refractivity contribution < 1.29 is 19.5 Å². The van der Waals surface area contributed by atoms with E-state index in [1.165, 1.54) is 18.0 Å². The number of thioether (sulfide) groups is 1. The van der Waals surface area contributed by atoms with Crippen molar-refractivity contribution in [3.8, 4) is 0 Å². The van der Waals surface area contributed by atoms with Crippen LogP contribution in [0.25, 0.3) is 0 Å². The Morgan fingerprint density at radius 1 is 1.43 bits per heavy atom. The van der Waals surface area contributed by atoms with Gasteiger partial charge in [-0.05, 0) is 30.6 Å². The molecule has 0 aliphatic rings. The van der Waals surface area contributed by atoms with Gasteiger partial charge in [-0.25, -0.2) is 4.79 Å². The molecule has 0 bridgehead atoms. The first kappa shape index (κ1) is 19.6. The van der Waals surface area contributed by atoms with Gasteiger partial charge in [0.25, 0.3) is 5.91 Å². The average molecular weight is 379 g/mol. The quantitative estimate of drug-likeness (QED) is 0.509. The lowest BCUT2D eigenvalue weighted by atomic mass is 10.2. The molecule has 2 N–H and O–H groups in total. The maximum absolute atomic E-state index is 11.6. The lowest BCUT2D eigenvalue weighted by molar-refractivity contribution is -0.142. The number of nitrogens with one attached hydrogen (secondary N) is 1. The van der Waals surface area contributed by atoms with Crippen LogP contribution in [0.3, 0.4) is 0 Å². The molecule has 0 aliphatic heterocycles. The molecule has 1 unspecified atom stereocenters. The fourth-order valence-corrected chi connectivity index (χ4v) is 2.52. The van der Waals surface area contributed by atoms with Crippen molar-refractivity contribution in [1.82, 2.24) is 5.32 Å². The molecule has 0 saturated heterocycles. The molecule has 0 fully saturated rings. The van der Waals surface area contributed by atoms with Crippen LogP contribution < -0.4 is 5.32 Å². The molecule has 0 aliphatic carbocycles. The number of benzene rings is 1. The van der Waals surface area contributed by atoms with E-state index in [1.54, 1.807) is 18.2 Å². The van der Waals surface area contributed by atoms with Crippen molar-refractivity contribution in [1.29, 1.82) is 0 Å². The number of hydrogen-bond donors (Lipinski definition) is 2. The SMILES string of the molecule is CSCCC(NC(=O)CO/N=C/c1c(Cl)cccc1Cl)C(=O)O. The summed E-state index contributed by atoms with van der Waals surface area (Å²) in [7, 11) is 0. The Bertz CT molecular complexity index is 564. The third-order valence-electron chi connectivity index (χ3n) is 2.70. The second-order valence-electron chi connectivity index (χ2n) is 4.38. The summed E-state index contributed by atoms with van der Waals surface area (Å²) >= 11 is 13.4. The molecule has 6 nitrogen and oxygen atoms in total. The number of rotatable bonds is 9. The summed E-state index contributed by atoms with van der Waals surface area (Å²) in [6.45, 7) is -0.401. The van der Waals surface area contributed by atoms with Crippen LogP contribution in [-0.4, -0.2) is 47.9 Å². The van der Waals surface area contributed by atoms with Gasteiger partial charge in [-0.15, -0.1) is 0 Å². The predicted molar refractivity (Wildman–Crippen MR) is 92.6 cm³/mol. The molecular formula is C14H16Cl2N2O4S. The highest BCUT2D eigenvalue weighted by molar-refractivity contribution is 7.98. The first-order valence-electron chi connectivity index (χ1n) is 6.56. The summed E-state index contributed by atoms with van der Waals surface area (Å²) in [5.74, 6) is -1.03. The summed E-state index contributed by atoms with van der Waals surface area (Å²) < 4.78 is 0. The largest absolute Gasteiger partial charge is 0.480 e. The van der Waals surface area contributed by atoms with Crippen LogP contribution in [0.5, 0.6) is 0 Å². The highest BCUT2D eigenvalue weighted by Gasteiger charge is 2.19. The van der Waals surface area contributed by atoms with Crippen LogP contribution in [0.1, 0.15) is 12.0 Å². The van der Waals surface area contributed by atoms with E-state index in [0.717, 1.165) is 0 Å². The Kier molecular flexibility index (Phi) is 8.83. The number of carbonyl (C=O) groups is 2. The Balaban J connectivity index is 2.46. The zero-order valence-corrected chi connectivity index (χ0v) is 14.6. The zero-order valence-electron chi connectivity index (χ0n) is 12.3. The third kappa shape index (κ3) is 7.11.